The smallest absolute Gasteiger partial charge is 0.136 e. The molecule has 10 aromatic carbocycles. The van der Waals surface area contributed by atoms with Gasteiger partial charge in [0.25, 0.3) is 0 Å². The first-order valence-corrected chi connectivity index (χ1v) is 19.2. The van der Waals surface area contributed by atoms with E-state index in [4.69, 9.17) is 9.15 Å². The highest BCUT2D eigenvalue weighted by Gasteiger charge is 2.27. The maximum atomic E-state index is 6.70. The second-order valence-electron chi connectivity index (χ2n) is 14.7. The lowest BCUT2D eigenvalue weighted by atomic mass is 9.79. The van der Waals surface area contributed by atoms with E-state index in [-0.39, 0.29) is 0 Å². The van der Waals surface area contributed by atoms with Gasteiger partial charge < -0.3 is 9.15 Å². The van der Waals surface area contributed by atoms with Crippen LogP contribution >= 0.6 is 0 Å². The third-order valence-corrected chi connectivity index (χ3v) is 11.6. The third kappa shape index (κ3) is 4.50. The molecule has 0 spiro atoms. The van der Waals surface area contributed by atoms with Gasteiger partial charge in [0, 0.05) is 27.3 Å². The Morgan fingerprint density at radius 3 is 1.61 bits per heavy atom. The van der Waals surface area contributed by atoms with Gasteiger partial charge in [-0.15, -0.1) is 0 Å². The van der Waals surface area contributed by atoms with E-state index >= 15 is 0 Å². The molecule has 0 amide bonds. The lowest BCUT2D eigenvalue weighted by Crippen LogP contribution is -1.98. The maximum Gasteiger partial charge on any atom is 0.136 e. The first-order valence-electron chi connectivity index (χ1n) is 19.2. The first-order chi connectivity index (χ1) is 27.8. The van der Waals surface area contributed by atoms with Crippen LogP contribution in [0.4, 0.5) is 0 Å². The topological polar surface area (TPSA) is 22.4 Å². The number of ether oxygens (including phenoxy) is 1. The predicted molar refractivity (Wildman–Crippen MR) is 233 cm³/mol. The predicted octanol–water partition coefficient (Wildman–Crippen LogP) is 15.5. The number of furan rings is 1. The molecule has 0 aliphatic carbocycles. The van der Waals surface area contributed by atoms with Crippen LogP contribution in [0.1, 0.15) is 0 Å². The van der Waals surface area contributed by atoms with Gasteiger partial charge in [-0.05, 0) is 102 Å². The Labute approximate surface area is 323 Å². The van der Waals surface area contributed by atoms with Crippen LogP contribution in [0.2, 0.25) is 0 Å². The van der Waals surface area contributed by atoms with Crippen LogP contribution in [-0.4, -0.2) is 0 Å². The number of hydrogen-bond donors (Lipinski definition) is 0. The monoisotopic (exact) mass is 712 g/mol. The van der Waals surface area contributed by atoms with Gasteiger partial charge in [-0.1, -0.05) is 164 Å². The Bertz CT molecular complexity index is 3310. The Morgan fingerprint density at radius 2 is 0.893 bits per heavy atom. The zero-order chi connectivity index (χ0) is 36.7. The fraction of sp³-hybridized carbons (Fsp3) is 0. The molecule has 2 heterocycles. The molecule has 0 N–H and O–H groups in total. The molecule has 12 rings (SSSR count). The van der Waals surface area contributed by atoms with E-state index in [2.05, 4.69) is 194 Å². The molecule has 0 bridgehead atoms. The summed E-state index contributed by atoms with van der Waals surface area (Å²) in [6.45, 7) is 0. The van der Waals surface area contributed by atoms with Crippen LogP contribution in [0.5, 0.6) is 11.5 Å². The van der Waals surface area contributed by atoms with Crippen molar-refractivity contribution in [3.63, 3.8) is 0 Å². The van der Waals surface area contributed by atoms with Gasteiger partial charge in [-0.25, -0.2) is 0 Å². The second-order valence-corrected chi connectivity index (χ2v) is 14.7. The molecule has 56 heavy (non-hydrogen) atoms. The summed E-state index contributed by atoms with van der Waals surface area (Å²) >= 11 is 0. The summed E-state index contributed by atoms with van der Waals surface area (Å²) in [7, 11) is 0. The Hall–Kier alpha value is -7.42. The summed E-state index contributed by atoms with van der Waals surface area (Å²) in [4.78, 5) is 0. The highest BCUT2D eigenvalue weighted by molar-refractivity contribution is 6.27. The molecule has 0 saturated carbocycles. The summed E-state index contributed by atoms with van der Waals surface area (Å²) in [5.74, 6) is 1.79. The maximum absolute atomic E-state index is 6.70. The van der Waals surface area contributed by atoms with E-state index in [1.807, 2.05) is 0 Å². The van der Waals surface area contributed by atoms with E-state index in [1.54, 1.807) is 0 Å². The van der Waals surface area contributed by atoms with Gasteiger partial charge in [0.05, 0.1) is 0 Å². The molecule has 0 unspecified atom stereocenters. The van der Waals surface area contributed by atoms with Crippen molar-refractivity contribution in [1.29, 1.82) is 0 Å². The molecule has 0 atom stereocenters. The summed E-state index contributed by atoms with van der Waals surface area (Å²) in [6, 6.07) is 69.8. The lowest BCUT2D eigenvalue weighted by Gasteiger charge is -2.24. The van der Waals surface area contributed by atoms with Crippen molar-refractivity contribution >= 4 is 54.3 Å². The number of benzene rings is 10. The summed E-state index contributed by atoms with van der Waals surface area (Å²) < 4.78 is 13.3. The molecule has 0 radical (unpaired) electrons. The zero-order valence-electron chi connectivity index (χ0n) is 30.3. The number of fused-ring (bicyclic) bond motifs is 7. The van der Waals surface area contributed by atoms with Gasteiger partial charge in [-0.2, -0.15) is 0 Å². The first kappa shape index (κ1) is 31.0. The molecule has 1 aromatic heterocycles. The quantitative estimate of drug-likeness (QED) is 0.170. The average molecular weight is 713 g/mol. The van der Waals surface area contributed by atoms with Crippen molar-refractivity contribution in [3.05, 3.63) is 194 Å². The molecule has 1 aliphatic heterocycles. The molecule has 0 fully saturated rings. The van der Waals surface area contributed by atoms with Crippen molar-refractivity contribution in [1.82, 2.24) is 0 Å². The molecule has 0 saturated heterocycles. The largest absolute Gasteiger partial charge is 0.456 e. The van der Waals surface area contributed by atoms with Gasteiger partial charge >= 0.3 is 0 Å². The van der Waals surface area contributed by atoms with Crippen molar-refractivity contribution in [2.75, 3.05) is 0 Å². The van der Waals surface area contributed by atoms with E-state index in [0.29, 0.717) is 0 Å². The van der Waals surface area contributed by atoms with E-state index in [0.717, 1.165) is 66.6 Å². The van der Waals surface area contributed by atoms with Crippen molar-refractivity contribution in [3.8, 4) is 67.1 Å². The summed E-state index contributed by atoms with van der Waals surface area (Å²) in [5.41, 5.74) is 13.5. The minimum Gasteiger partial charge on any atom is -0.456 e. The fourth-order valence-electron chi connectivity index (χ4n) is 9.31. The molecule has 260 valence electrons. The van der Waals surface area contributed by atoms with Gasteiger partial charge in [-0.3, -0.25) is 0 Å². The van der Waals surface area contributed by atoms with Gasteiger partial charge in [0.1, 0.15) is 22.7 Å². The van der Waals surface area contributed by atoms with Gasteiger partial charge in [0.15, 0.2) is 0 Å². The number of para-hydroxylation sites is 1. The lowest BCUT2D eigenvalue weighted by molar-refractivity contribution is 0.487. The summed E-state index contributed by atoms with van der Waals surface area (Å²) in [5, 5.41) is 9.38. The zero-order valence-corrected chi connectivity index (χ0v) is 30.3. The Balaban J connectivity index is 1.23. The molecule has 2 nitrogen and oxygen atoms in total. The van der Waals surface area contributed by atoms with Crippen LogP contribution < -0.4 is 4.74 Å². The van der Waals surface area contributed by atoms with Gasteiger partial charge in [0.2, 0.25) is 0 Å². The average Bonchev–Trinajstić information content (AvgIpc) is 3.64. The number of hydrogen-bond acceptors (Lipinski definition) is 2. The molecular formula is C54H32O2. The normalized spacial score (nSPS) is 12.1. The summed E-state index contributed by atoms with van der Waals surface area (Å²) in [6.07, 6.45) is 0. The minimum atomic E-state index is 0.880. The fourth-order valence-corrected chi connectivity index (χ4v) is 9.31. The highest BCUT2D eigenvalue weighted by atomic mass is 16.5. The van der Waals surface area contributed by atoms with Crippen molar-refractivity contribution in [2.24, 2.45) is 0 Å². The highest BCUT2D eigenvalue weighted by Crippen LogP contribution is 2.54. The molecule has 2 heteroatoms. The third-order valence-electron chi connectivity index (χ3n) is 11.6. The van der Waals surface area contributed by atoms with Crippen LogP contribution in [0.3, 0.4) is 0 Å². The van der Waals surface area contributed by atoms with E-state index < -0.39 is 0 Å². The Kier molecular flexibility index (Phi) is 6.66. The molecule has 11 aromatic rings. The minimum absolute atomic E-state index is 0.880. The van der Waals surface area contributed by atoms with Crippen molar-refractivity contribution < 1.29 is 9.15 Å². The van der Waals surface area contributed by atoms with E-state index in [1.165, 1.54) is 54.7 Å². The van der Waals surface area contributed by atoms with Crippen LogP contribution in [0.15, 0.2) is 199 Å². The van der Waals surface area contributed by atoms with E-state index in [9.17, 15) is 0 Å². The van der Waals surface area contributed by atoms with Crippen LogP contribution in [0, 0.1) is 0 Å². The van der Waals surface area contributed by atoms with Crippen molar-refractivity contribution in [2.45, 2.75) is 0 Å². The van der Waals surface area contributed by atoms with Crippen LogP contribution in [-0.2, 0) is 0 Å². The number of rotatable bonds is 4. The van der Waals surface area contributed by atoms with Crippen LogP contribution in [0.25, 0.3) is 110 Å². The second kappa shape index (κ2) is 12.0. The SMILES string of the molecule is c1ccc(-c2cc3oc4ccccc4c3c(-c3ccccc3)c2-c2c3ccccc3c(-c3ccc4c(c3)-c3cccc5cccc(c35)O4)c3ccccc23)cc1. The standard InChI is InChI=1S/C54H32O2/c1-3-15-33(16-4-1)43-32-48-53(42-25-11-12-27-45(42)56-48)51(35-17-5-2-6-18-35)54(43)52-39-23-9-7-21-37(39)49(38-22-8-10-24-40(38)52)36-29-30-46-44(31-36)41-26-13-19-34-20-14-28-47(55-46)50(34)41/h1-32H. The molecule has 1 aliphatic rings. The molecular weight excluding hydrogens is 681 g/mol. The Morgan fingerprint density at radius 1 is 0.286 bits per heavy atom.